The molecule has 5 heteroatoms. The molecule has 0 fully saturated rings. The van der Waals surface area contributed by atoms with Crippen LogP contribution in [0.2, 0.25) is 0 Å². The number of hydrogen-bond donors (Lipinski definition) is 2. The number of para-hydroxylation sites is 1. The topological polar surface area (TPSA) is 63.2 Å². The van der Waals surface area contributed by atoms with Crippen molar-refractivity contribution in [2.45, 2.75) is 13.3 Å². The summed E-state index contributed by atoms with van der Waals surface area (Å²) in [6.45, 7) is 2.75. The van der Waals surface area contributed by atoms with Gasteiger partial charge < -0.3 is 15.4 Å². The molecule has 3 rings (SSSR count). The molecule has 1 aromatic heterocycles. The van der Waals surface area contributed by atoms with E-state index in [1.165, 1.54) is 0 Å². The summed E-state index contributed by atoms with van der Waals surface area (Å²) in [5.41, 5.74) is 4.30. The van der Waals surface area contributed by atoms with Crippen molar-refractivity contribution in [3.05, 3.63) is 83.7 Å². The third-order valence-electron chi connectivity index (χ3n) is 4.22. The van der Waals surface area contributed by atoms with E-state index in [2.05, 4.69) is 21.7 Å². The smallest absolute Gasteiger partial charge is 0.274 e. The van der Waals surface area contributed by atoms with Crippen molar-refractivity contribution < 1.29 is 9.53 Å². The third-order valence-corrected chi connectivity index (χ3v) is 4.22. The highest BCUT2D eigenvalue weighted by molar-refractivity contribution is 6.02. The average Bonchev–Trinajstić information content (AvgIpc) is 2.70. The summed E-state index contributed by atoms with van der Waals surface area (Å²) in [6, 6.07) is 19.2. The second-order valence-electron chi connectivity index (χ2n) is 6.24. The number of nitrogens with zero attached hydrogens (tertiary/aromatic N) is 1. The second kappa shape index (κ2) is 8.85. The third kappa shape index (κ3) is 5.07. The summed E-state index contributed by atoms with van der Waals surface area (Å²) in [7, 11) is 1.68. The zero-order valence-corrected chi connectivity index (χ0v) is 15.5. The summed E-state index contributed by atoms with van der Waals surface area (Å²) >= 11 is 0. The normalized spacial score (nSPS) is 10.3. The van der Waals surface area contributed by atoms with Crippen LogP contribution in [0.3, 0.4) is 0 Å². The van der Waals surface area contributed by atoms with Gasteiger partial charge in [0.15, 0.2) is 0 Å². The molecule has 0 radical (unpaired) electrons. The van der Waals surface area contributed by atoms with Crippen molar-refractivity contribution in [1.82, 2.24) is 4.98 Å². The van der Waals surface area contributed by atoms with Crippen molar-refractivity contribution in [1.29, 1.82) is 0 Å². The van der Waals surface area contributed by atoms with Crippen molar-refractivity contribution in [3.8, 4) is 5.75 Å². The van der Waals surface area contributed by atoms with E-state index in [0.717, 1.165) is 41.2 Å². The van der Waals surface area contributed by atoms with Gasteiger partial charge in [0.1, 0.15) is 11.4 Å². The number of amides is 1. The molecular weight excluding hydrogens is 338 g/mol. The standard InChI is InChI=1S/C22H23N3O2/c1-16-7-9-18(10-8-16)25-22(26)20-12-11-19(15-24-20)23-14-13-17-5-3-4-6-21(17)27-2/h3-12,15,23H,13-14H2,1-2H3,(H,25,26). The van der Waals surface area contributed by atoms with Crippen LogP contribution in [0.1, 0.15) is 21.6 Å². The molecule has 0 unspecified atom stereocenters. The highest BCUT2D eigenvalue weighted by Crippen LogP contribution is 2.18. The highest BCUT2D eigenvalue weighted by Gasteiger charge is 2.08. The summed E-state index contributed by atoms with van der Waals surface area (Å²) in [4.78, 5) is 16.5. The fourth-order valence-corrected chi connectivity index (χ4v) is 2.72. The highest BCUT2D eigenvalue weighted by atomic mass is 16.5. The molecule has 3 aromatic rings. The van der Waals surface area contributed by atoms with Gasteiger partial charge in [-0.2, -0.15) is 0 Å². The minimum atomic E-state index is -0.223. The van der Waals surface area contributed by atoms with Crippen LogP contribution < -0.4 is 15.4 Å². The van der Waals surface area contributed by atoms with Crippen LogP contribution in [0, 0.1) is 6.92 Å². The van der Waals surface area contributed by atoms with Gasteiger partial charge in [-0.3, -0.25) is 4.79 Å². The lowest BCUT2D eigenvalue weighted by Gasteiger charge is -2.10. The number of pyridine rings is 1. The molecule has 0 aliphatic rings. The first-order valence-corrected chi connectivity index (χ1v) is 8.85. The molecule has 1 amide bonds. The molecule has 0 saturated carbocycles. The summed E-state index contributed by atoms with van der Waals surface area (Å²) in [5, 5.41) is 6.16. The molecule has 0 bridgehead atoms. The number of rotatable bonds is 7. The van der Waals surface area contributed by atoms with E-state index in [1.54, 1.807) is 19.4 Å². The lowest BCUT2D eigenvalue weighted by molar-refractivity contribution is 0.102. The van der Waals surface area contributed by atoms with E-state index in [9.17, 15) is 4.79 Å². The number of benzene rings is 2. The van der Waals surface area contributed by atoms with Gasteiger partial charge in [0, 0.05) is 12.2 Å². The van der Waals surface area contributed by atoms with Crippen LogP contribution >= 0.6 is 0 Å². The molecule has 2 N–H and O–H groups in total. The SMILES string of the molecule is COc1ccccc1CCNc1ccc(C(=O)Nc2ccc(C)cc2)nc1. The second-order valence-corrected chi connectivity index (χ2v) is 6.24. The number of nitrogens with one attached hydrogen (secondary N) is 2. The monoisotopic (exact) mass is 361 g/mol. The Balaban J connectivity index is 1.53. The molecule has 0 aliphatic heterocycles. The molecule has 27 heavy (non-hydrogen) atoms. The summed E-state index contributed by atoms with van der Waals surface area (Å²) in [5.74, 6) is 0.667. The van der Waals surface area contributed by atoms with E-state index in [1.807, 2.05) is 55.5 Å². The Bertz CT molecular complexity index is 890. The number of methoxy groups -OCH3 is 1. The molecule has 2 aromatic carbocycles. The number of aryl methyl sites for hydroxylation is 1. The Morgan fingerprint density at radius 1 is 1.00 bits per heavy atom. The molecule has 0 aliphatic carbocycles. The molecular formula is C22H23N3O2. The minimum Gasteiger partial charge on any atom is -0.496 e. The zero-order valence-electron chi connectivity index (χ0n) is 15.5. The fourth-order valence-electron chi connectivity index (χ4n) is 2.72. The molecule has 5 nitrogen and oxygen atoms in total. The number of carbonyl (C=O) groups is 1. The van der Waals surface area contributed by atoms with Crippen LogP contribution in [0.15, 0.2) is 66.9 Å². The summed E-state index contributed by atoms with van der Waals surface area (Å²) in [6.07, 6.45) is 2.51. The summed E-state index contributed by atoms with van der Waals surface area (Å²) < 4.78 is 5.36. The largest absolute Gasteiger partial charge is 0.496 e. The molecule has 0 atom stereocenters. The van der Waals surface area contributed by atoms with E-state index in [4.69, 9.17) is 4.74 Å². The number of hydrogen-bond acceptors (Lipinski definition) is 4. The van der Waals surface area contributed by atoms with Crippen LogP contribution in [-0.4, -0.2) is 24.5 Å². The first-order chi connectivity index (χ1) is 13.2. The number of carbonyl (C=O) groups excluding carboxylic acids is 1. The van der Waals surface area contributed by atoms with Crippen molar-refractivity contribution in [2.75, 3.05) is 24.3 Å². The van der Waals surface area contributed by atoms with Gasteiger partial charge in [-0.1, -0.05) is 35.9 Å². The molecule has 1 heterocycles. The van der Waals surface area contributed by atoms with Gasteiger partial charge in [-0.25, -0.2) is 4.98 Å². The quantitative estimate of drug-likeness (QED) is 0.658. The molecule has 0 spiro atoms. The predicted molar refractivity (Wildman–Crippen MR) is 109 cm³/mol. The van der Waals surface area contributed by atoms with Crippen molar-refractivity contribution in [3.63, 3.8) is 0 Å². The van der Waals surface area contributed by atoms with Crippen LogP contribution in [-0.2, 0) is 6.42 Å². The van der Waals surface area contributed by atoms with Gasteiger partial charge >= 0.3 is 0 Å². The van der Waals surface area contributed by atoms with Gasteiger partial charge in [0.25, 0.3) is 5.91 Å². The van der Waals surface area contributed by atoms with E-state index < -0.39 is 0 Å². The lowest BCUT2D eigenvalue weighted by Crippen LogP contribution is -2.14. The Labute approximate surface area is 159 Å². The van der Waals surface area contributed by atoms with E-state index in [-0.39, 0.29) is 5.91 Å². The van der Waals surface area contributed by atoms with Gasteiger partial charge in [-0.05, 0) is 49.2 Å². The maximum atomic E-state index is 12.3. The van der Waals surface area contributed by atoms with Gasteiger partial charge in [-0.15, -0.1) is 0 Å². The Morgan fingerprint density at radius 3 is 2.44 bits per heavy atom. The number of ether oxygens (including phenoxy) is 1. The van der Waals surface area contributed by atoms with E-state index in [0.29, 0.717) is 5.69 Å². The first kappa shape index (κ1) is 18.5. The number of aromatic nitrogens is 1. The van der Waals surface area contributed by atoms with E-state index >= 15 is 0 Å². The lowest BCUT2D eigenvalue weighted by atomic mass is 10.1. The van der Waals surface area contributed by atoms with Crippen LogP contribution in [0.25, 0.3) is 0 Å². The van der Waals surface area contributed by atoms with Crippen LogP contribution in [0.5, 0.6) is 5.75 Å². The Hall–Kier alpha value is -3.34. The van der Waals surface area contributed by atoms with Gasteiger partial charge in [0.05, 0.1) is 19.0 Å². The fraction of sp³-hybridized carbons (Fsp3) is 0.182. The number of anilines is 2. The Morgan fingerprint density at radius 2 is 1.74 bits per heavy atom. The van der Waals surface area contributed by atoms with Crippen LogP contribution in [0.4, 0.5) is 11.4 Å². The maximum Gasteiger partial charge on any atom is 0.274 e. The maximum absolute atomic E-state index is 12.3. The molecule has 0 saturated heterocycles. The minimum absolute atomic E-state index is 0.223. The first-order valence-electron chi connectivity index (χ1n) is 8.85. The molecule has 138 valence electrons. The zero-order chi connectivity index (χ0) is 19.1. The Kier molecular flexibility index (Phi) is 6.05. The average molecular weight is 361 g/mol. The van der Waals surface area contributed by atoms with Crippen molar-refractivity contribution in [2.24, 2.45) is 0 Å². The van der Waals surface area contributed by atoms with Gasteiger partial charge in [0.2, 0.25) is 0 Å². The predicted octanol–water partition coefficient (Wildman–Crippen LogP) is 4.31. The van der Waals surface area contributed by atoms with Crippen molar-refractivity contribution >= 4 is 17.3 Å².